The first-order valence-corrected chi connectivity index (χ1v) is 31.1. The molecule has 0 radical (unpaired) electrons. The van der Waals surface area contributed by atoms with Gasteiger partial charge in [0.25, 0.3) is 0 Å². The molecule has 6 N–H and O–H groups in total. The number of Topliss-reactive ketones (excluding diaryl/α,β-unsaturated/α-hetero) is 2. The maximum atomic E-state index is 13.6. The molecule has 0 amide bonds. The van der Waals surface area contributed by atoms with E-state index in [1.807, 2.05) is 48.5 Å². The molecule has 6 aromatic carbocycles. The van der Waals surface area contributed by atoms with Gasteiger partial charge < -0.3 is 59.6 Å². The highest BCUT2D eigenvalue weighted by Crippen LogP contribution is 2.48. The predicted octanol–water partition coefficient (Wildman–Crippen LogP) is 11.3. The summed E-state index contributed by atoms with van der Waals surface area (Å²) in [6, 6.07) is 37.3. The van der Waals surface area contributed by atoms with Gasteiger partial charge in [0.1, 0.15) is 71.6 Å². The number of carbonyl (C=O) groups is 8. The Balaban J connectivity index is 0.000000202. The number of ketones is 2. The molecule has 504 valence electrons. The van der Waals surface area contributed by atoms with Gasteiger partial charge in [0.15, 0.2) is 11.6 Å². The average Bonchev–Trinajstić information content (AvgIpc) is 0.751. The van der Waals surface area contributed by atoms with Gasteiger partial charge in [-0.1, -0.05) is 78.9 Å². The maximum Gasteiger partial charge on any atom is 0.336 e. The lowest BCUT2D eigenvalue weighted by molar-refractivity contribution is -0.143. The molecule has 8 aromatic rings. The fraction of sp³-hybridized carbons (Fsp3) is 0.158. The number of aromatic nitrogens is 4. The first-order valence-electron chi connectivity index (χ1n) is 31.1. The SMILES string of the molecule is CC(=O)Oc1ccc2c(c1)OC1=CC(OC(C)=O)C=CC1=C2c1cc(C(=O)CCc2ccc(COc3nccc(N)n3)cc2)ccc1C(=O)O.CC(=O)Oc1ccc2c(c1)OC1=CC(OC(C)=O)C=CC1=C2c1ccc(C(=O)CCc2ccc(COc3nccc(N)n3)cc2)cc1C(=O)O. The van der Waals surface area contributed by atoms with Gasteiger partial charge in [-0.15, -0.1) is 0 Å². The topological polar surface area (TPSA) is 354 Å². The standard InChI is InChI=1S/2C38H31N3O9/c1-21(42)48-26-9-12-29-33(18-26)50-34-19-27(49-22(2)43)10-13-30(34)36(29)31-17-25(8-11-28(31)37(45)46)32(44)14-7-23-3-5-24(6-4-23)20-47-38-40-16-15-35(39)41-38;1-21(42)48-26-9-12-29-33(18-26)50-34-19-27(49-22(2)43)10-13-30(34)36(29)28-11-8-25(17-31(28)37(45)46)32(44)14-7-23-3-5-24(6-4-23)20-47-38-40-16-15-35(39)41-38/h2*3-6,8-13,15-19,26H,7,14,20H2,1-2H3,(H,45,46)(H2,39,40,41). The lowest BCUT2D eigenvalue weighted by Crippen LogP contribution is -2.20. The normalized spacial score (nSPS) is 14.4. The fourth-order valence-electron chi connectivity index (χ4n) is 11.2. The first-order chi connectivity index (χ1) is 48.1. The van der Waals surface area contributed by atoms with Crippen LogP contribution in [0, 0.1) is 0 Å². The van der Waals surface area contributed by atoms with Crippen LogP contribution in [0.5, 0.6) is 35.0 Å². The molecule has 4 heterocycles. The van der Waals surface area contributed by atoms with E-state index < -0.39 is 48.0 Å². The van der Waals surface area contributed by atoms with Gasteiger partial charge in [-0.05, 0) is 113 Å². The Labute approximate surface area is 571 Å². The summed E-state index contributed by atoms with van der Waals surface area (Å²) in [6.45, 7) is 5.62. The number of fused-ring (bicyclic) bond motifs is 4. The average molecular weight is 1350 g/mol. The van der Waals surface area contributed by atoms with E-state index in [0.717, 1.165) is 22.3 Å². The summed E-state index contributed by atoms with van der Waals surface area (Å²) >= 11 is 0. The number of nitrogens with zero attached hydrogens (tertiary/aromatic N) is 4. The Morgan fingerprint density at radius 1 is 0.460 bits per heavy atom. The summed E-state index contributed by atoms with van der Waals surface area (Å²) in [5.41, 5.74) is 19.2. The molecule has 0 saturated heterocycles. The highest BCUT2D eigenvalue weighted by atomic mass is 16.6. The van der Waals surface area contributed by atoms with Crippen molar-refractivity contribution in [3.8, 4) is 35.0 Å². The summed E-state index contributed by atoms with van der Waals surface area (Å²) in [5.74, 6) is -2.54. The zero-order chi connectivity index (χ0) is 70.7. The molecule has 0 bridgehead atoms. The van der Waals surface area contributed by atoms with Crippen LogP contribution in [0.4, 0.5) is 11.6 Å². The molecule has 2 unspecified atom stereocenters. The van der Waals surface area contributed by atoms with Gasteiger partial charge in [-0.3, -0.25) is 28.8 Å². The number of ether oxygens (including phenoxy) is 8. The number of rotatable bonds is 22. The maximum absolute atomic E-state index is 13.6. The summed E-state index contributed by atoms with van der Waals surface area (Å²) in [5, 5.41) is 20.6. The van der Waals surface area contributed by atoms with Crippen LogP contribution in [0.1, 0.15) is 126 Å². The molecule has 0 spiro atoms. The molecule has 0 saturated carbocycles. The van der Waals surface area contributed by atoms with Crippen molar-refractivity contribution in [1.29, 1.82) is 0 Å². The van der Waals surface area contributed by atoms with Crippen LogP contribution in [0.2, 0.25) is 0 Å². The summed E-state index contributed by atoms with van der Waals surface area (Å²) in [7, 11) is 0. The van der Waals surface area contributed by atoms with Crippen molar-refractivity contribution >= 4 is 70.2 Å². The summed E-state index contributed by atoms with van der Waals surface area (Å²) in [4.78, 5) is 115. The predicted molar refractivity (Wildman–Crippen MR) is 361 cm³/mol. The number of hydrogen-bond acceptors (Lipinski definition) is 22. The minimum absolute atomic E-state index is 0.0304. The molecule has 2 atom stereocenters. The number of esters is 4. The van der Waals surface area contributed by atoms with Crippen LogP contribution in [-0.2, 0) is 54.7 Å². The number of allylic oxidation sites excluding steroid dienone is 2. The zero-order valence-electron chi connectivity index (χ0n) is 54.1. The molecular weight excluding hydrogens is 1280 g/mol. The minimum Gasteiger partial charge on any atom is -0.478 e. The zero-order valence-corrected chi connectivity index (χ0v) is 54.1. The minimum atomic E-state index is -1.23. The van der Waals surface area contributed by atoms with E-state index in [4.69, 9.17) is 49.4 Å². The second-order valence-electron chi connectivity index (χ2n) is 22.9. The number of benzene rings is 6. The number of hydrogen-bond donors (Lipinski definition) is 4. The molecule has 12 rings (SSSR count). The van der Waals surface area contributed by atoms with Gasteiger partial charge in [0.2, 0.25) is 0 Å². The van der Waals surface area contributed by atoms with E-state index in [0.29, 0.717) is 86.3 Å². The molecule has 0 fully saturated rings. The summed E-state index contributed by atoms with van der Waals surface area (Å²) in [6.07, 6.45) is 12.7. The fourth-order valence-corrected chi connectivity index (χ4v) is 11.2. The second kappa shape index (κ2) is 30.3. The van der Waals surface area contributed by atoms with Crippen LogP contribution >= 0.6 is 0 Å². The number of carbonyl (C=O) groups excluding carboxylic acids is 6. The van der Waals surface area contributed by atoms with Crippen molar-refractivity contribution in [3.63, 3.8) is 0 Å². The molecule has 2 aliphatic heterocycles. The van der Waals surface area contributed by atoms with Crippen molar-refractivity contribution in [2.24, 2.45) is 0 Å². The van der Waals surface area contributed by atoms with Crippen molar-refractivity contribution in [2.45, 2.75) is 78.8 Å². The molecule has 2 aromatic heterocycles. The monoisotopic (exact) mass is 1350 g/mol. The van der Waals surface area contributed by atoms with Gasteiger partial charge in [0.05, 0.1) is 11.1 Å². The summed E-state index contributed by atoms with van der Waals surface area (Å²) < 4.78 is 44.7. The Hall–Kier alpha value is -13.1. The van der Waals surface area contributed by atoms with E-state index >= 15 is 0 Å². The van der Waals surface area contributed by atoms with Crippen LogP contribution in [-0.4, -0.2) is 89.7 Å². The second-order valence-corrected chi connectivity index (χ2v) is 22.9. The molecule has 100 heavy (non-hydrogen) atoms. The third-order valence-corrected chi connectivity index (χ3v) is 15.7. The van der Waals surface area contributed by atoms with E-state index in [9.17, 15) is 48.6 Å². The number of nitrogen functional groups attached to an aromatic ring is 2. The van der Waals surface area contributed by atoms with Crippen molar-refractivity contribution in [3.05, 3.63) is 272 Å². The van der Waals surface area contributed by atoms with Gasteiger partial charge in [0, 0.05) is 122 Å². The van der Waals surface area contributed by atoms with Gasteiger partial charge in [-0.2, -0.15) is 9.97 Å². The third kappa shape index (κ3) is 16.7. The Bertz CT molecular complexity index is 4840. The van der Waals surface area contributed by atoms with Crippen LogP contribution < -0.4 is 39.9 Å². The number of anilines is 2. The largest absolute Gasteiger partial charge is 0.478 e. The molecule has 4 aliphatic rings. The molecular formula is C76H62N6O18. The molecule has 24 nitrogen and oxygen atoms in total. The van der Waals surface area contributed by atoms with Crippen molar-refractivity contribution in [1.82, 2.24) is 19.9 Å². The van der Waals surface area contributed by atoms with Gasteiger partial charge in [-0.25, -0.2) is 19.6 Å². The van der Waals surface area contributed by atoms with E-state index in [1.165, 1.54) is 70.4 Å². The van der Waals surface area contributed by atoms with Crippen molar-refractivity contribution < 1.29 is 86.5 Å². The number of carboxylic acids is 2. The third-order valence-electron chi connectivity index (χ3n) is 15.7. The van der Waals surface area contributed by atoms with E-state index in [2.05, 4.69) is 19.9 Å². The van der Waals surface area contributed by atoms with E-state index in [1.54, 1.807) is 91.1 Å². The Kier molecular flexibility index (Phi) is 20.7. The number of aromatic carboxylic acids is 2. The highest BCUT2D eigenvalue weighted by Gasteiger charge is 2.33. The van der Waals surface area contributed by atoms with E-state index in [-0.39, 0.29) is 89.1 Å². The lowest BCUT2D eigenvalue weighted by atomic mass is 9.84. The number of aryl methyl sites for hydroxylation is 2. The molecule has 24 heteroatoms. The van der Waals surface area contributed by atoms with Gasteiger partial charge >= 0.3 is 47.8 Å². The van der Waals surface area contributed by atoms with Crippen LogP contribution in [0.15, 0.2) is 205 Å². The Morgan fingerprint density at radius 2 is 0.880 bits per heavy atom. The smallest absolute Gasteiger partial charge is 0.336 e. The Morgan fingerprint density at radius 3 is 1.31 bits per heavy atom. The van der Waals surface area contributed by atoms with Crippen LogP contribution in [0.3, 0.4) is 0 Å². The number of nitrogens with two attached hydrogens (primary N) is 2. The van der Waals surface area contributed by atoms with Crippen molar-refractivity contribution in [2.75, 3.05) is 11.5 Å². The van der Waals surface area contributed by atoms with Crippen LogP contribution in [0.25, 0.3) is 11.1 Å². The highest BCUT2D eigenvalue weighted by molar-refractivity contribution is 6.06. The lowest BCUT2D eigenvalue weighted by Gasteiger charge is -2.29. The number of carboxylic acid groups (broad SMARTS) is 2. The first kappa shape index (κ1) is 68.3. The quantitative estimate of drug-likeness (QED) is 0.0278. The molecule has 2 aliphatic carbocycles.